The molecule has 1 aromatic rings. The number of ether oxygens (including phenoxy) is 1. The highest BCUT2D eigenvalue weighted by Gasteiger charge is 2.32. The van der Waals surface area contributed by atoms with Crippen LogP contribution >= 0.6 is 0 Å². The second-order valence-electron chi connectivity index (χ2n) is 3.08. The molecule has 1 aliphatic heterocycles. The van der Waals surface area contributed by atoms with Crippen LogP contribution in [0.4, 0.5) is 5.69 Å². The number of aliphatic imine (C=N–C) groups is 1. The summed E-state index contributed by atoms with van der Waals surface area (Å²) >= 11 is 0. The maximum absolute atomic E-state index is 11.6. The van der Waals surface area contributed by atoms with E-state index >= 15 is 0 Å². The van der Waals surface area contributed by atoms with Gasteiger partial charge in [-0.25, -0.2) is 9.79 Å². The van der Waals surface area contributed by atoms with Crippen LogP contribution in [-0.4, -0.2) is 35.9 Å². The molecule has 0 saturated carbocycles. The third kappa shape index (κ3) is 1.63. The van der Waals surface area contributed by atoms with Crippen LogP contribution in [0.5, 0.6) is 5.75 Å². The standard InChI is InChI=1S/C11H9N2O3/c1-16-9-5-3-2-4-8(9)13-7-6-12-10(14)11(13)15/h2-7H,1H3/q+1. The van der Waals surface area contributed by atoms with Gasteiger partial charge in [0.2, 0.25) is 0 Å². The summed E-state index contributed by atoms with van der Waals surface area (Å²) in [7, 11) is 1.50. The fourth-order valence-corrected chi connectivity index (χ4v) is 1.41. The van der Waals surface area contributed by atoms with Gasteiger partial charge in [-0.3, -0.25) is 4.79 Å². The van der Waals surface area contributed by atoms with E-state index < -0.39 is 11.8 Å². The van der Waals surface area contributed by atoms with Crippen molar-refractivity contribution in [3.63, 3.8) is 0 Å². The monoisotopic (exact) mass is 217 g/mol. The van der Waals surface area contributed by atoms with Gasteiger partial charge in [0.25, 0.3) is 5.69 Å². The summed E-state index contributed by atoms with van der Waals surface area (Å²) in [5, 5.41) is 0. The van der Waals surface area contributed by atoms with Gasteiger partial charge in [-0.15, -0.1) is 4.58 Å². The zero-order valence-corrected chi connectivity index (χ0v) is 8.58. The summed E-state index contributed by atoms with van der Waals surface area (Å²) in [6.07, 6.45) is 2.72. The molecule has 2 amide bonds. The van der Waals surface area contributed by atoms with Gasteiger partial charge in [-0.05, 0) is 6.07 Å². The van der Waals surface area contributed by atoms with Crippen LogP contribution in [0.15, 0.2) is 29.3 Å². The summed E-state index contributed by atoms with van der Waals surface area (Å²) in [6, 6.07) is 6.95. The lowest BCUT2D eigenvalue weighted by atomic mass is 10.2. The minimum absolute atomic E-state index is 0.523. The molecule has 80 valence electrons. The Hall–Kier alpha value is -2.30. The molecule has 1 heterocycles. The van der Waals surface area contributed by atoms with Gasteiger partial charge >= 0.3 is 11.8 Å². The Balaban J connectivity index is 2.52. The number of amides is 2. The Morgan fingerprint density at radius 3 is 2.75 bits per heavy atom. The van der Waals surface area contributed by atoms with E-state index in [0.717, 1.165) is 0 Å². The van der Waals surface area contributed by atoms with E-state index in [1.54, 1.807) is 24.3 Å². The molecule has 0 saturated heterocycles. The zero-order chi connectivity index (χ0) is 11.5. The first-order valence-electron chi connectivity index (χ1n) is 4.62. The number of nitrogens with zero attached hydrogens (tertiary/aromatic N) is 2. The van der Waals surface area contributed by atoms with E-state index in [1.165, 1.54) is 24.1 Å². The topological polar surface area (TPSA) is 58.7 Å². The molecule has 0 fully saturated rings. The van der Waals surface area contributed by atoms with Crippen molar-refractivity contribution < 1.29 is 18.9 Å². The largest absolute Gasteiger partial charge is 0.490 e. The first-order chi connectivity index (χ1) is 7.74. The highest BCUT2D eigenvalue weighted by atomic mass is 16.5. The molecule has 2 rings (SSSR count). The average molecular weight is 217 g/mol. The van der Waals surface area contributed by atoms with Crippen LogP contribution < -0.4 is 4.74 Å². The Kier molecular flexibility index (Phi) is 2.59. The Bertz CT molecular complexity index is 518. The van der Waals surface area contributed by atoms with Crippen molar-refractivity contribution in [3.05, 3.63) is 24.3 Å². The lowest BCUT2D eigenvalue weighted by Gasteiger charge is -2.04. The highest BCUT2D eigenvalue weighted by molar-refractivity contribution is 6.39. The quantitative estimate of drug-likeness (QED) is 0.537. The average Bonchev–Trinajstić information content (AvgIpc) is 2.33. The van der Waals surface area contributed by atoms with Crippen molar-refractivity contribution in [1.82, 2.24) is 0 Å². The Labute approximate surface area is 91.7 Å². The molecule has 0 spiro atoms. The molecule has 16 heavy (non-hydrogen) atoms. The smallest absolute Gasteiger partial charge is 0.485 e. The molecule has 5 nitrogen and oxygen atoms in total. The van der Waals surface area contributed by atoms with Gasteiger partial charge in [0, 0.05) is 6.07 Å². The third-order valence-electron chi connectivity index (χ3n) is 2.15. The fourth-order valence-electron chi connectivity index (χ4n) is 1.41. The van der Waals surface area contributed by atoms with Crippen molar-refractivity contribution in [2.75, 3.05) is 7.11 Å². The highest BCUT2D eigenvalue weighted by Crippen LogP contribution is 2.26. The number of carbonyl (C=O) groups is 2. The van der Waals surface area contributed by atoms with Gasteiger partial charge in [0.05, 0.1) is 13.3 Å². The number of para-hydroxylation sites is 2. The Morgan fingerprint density at radius 1 is 1.25 bits per heavy atom. The van der Waals surface area contributed by atoms with Crippen LogP contribution in [0.2, 0.25) is 0 Å². The van der Waals surface area contributed by atoms with Crippen molar-refractivity contribution in [2.24, 2.45) is 4.99 Å². The first-order valence-corrected chi connectivity index (χ1v) is 4.62. The predicted octanol–water partition coefficient (Wildman–Crippen LogP) is 0.548. The minimum atomic E-state index is -0.784. The third-order valence-corrected chi connectivity index (χ3v) is 2.15. The van der Waals surface area contributed by atoms with E-state index in [0.29, 0.717) is 11.4 Å². The fraction of sp³-hybridized carbons (Fsp3) is 0.0909. The molecular formula is C11H9N2O3+. The van der Waals surface area contributed by atoms with Gasteiger partial charge < -0.3 is 4.74 Å². The number of hydrogen-bond donors (Lipinski definition) is 0. The molecule has 0 unspecified atom stereocenters. The van der Waals surface area contributed by atoms with Crippen molar-refractivity contribution >= 4 is 29.9 Å². The lowest BCUT2D eigenvalue weighted by molar-refractivity contribution is -0.356. The number of carbonyl (C=O) groups excluding carboxylic acids is 2. The number of rotatable bonds is 2. The molecule has 0 aromatic heterocycles. The number of benzene rings is 1. The molecule has 1 aliphatic rings. The molecule has 0 radical (unpaired) electrons. The van der Waals surface area contributed by atoms with E-state index in [-0.39, 0.29) is 0 Å². The molecule has 5 heteroatoms. The summed E-state index contributed by atoms with van der Waals surface area (Å²) in [4.78, 5) is 26.1. The molecule has 1 aromatic carbocycles. The van der Waals surface area contributed by atoms with Gasteiger partial charge in [0.15, 0.2) is 12.0 Å². The summed E-state index contributed by atoms with van der Waals surface area (Å²) in [6.45, 7) is 0. The first kappa shape index (κ1) is 10.2. The van der Waals surface area contributed by atoms with Crippen molar-refractivity contribution in [1.29, 1.82) is 0 Å². The van der Waals surface area contributed by atoms with E-state index in [1.807, 2.05) is 0 Å². The predicted molar refractivity (Wildman–Crippen MR) is 57.5 cm³/mol. The number of methoxy groups -OCH3 is 1. The Morgan fingerprint density at radius 2 is 2.00 bits per heavy atom. The van der Waals surface area contributed by atoms with Crippen LogP contribution in [0.3, 0.4) is 0 Å². The molecule has 0 aliphatic carbocycles. The van der Waals surface area contributed by atoms with Gasteiger partial charge in [-0.1, -0.05) is 12.1 Å². The normalized spacial score (nSPS) is 14.9. The number of hydrogen-bond acceptors (Lipinski definition) is 3. The molecular weight excluding hydrogens is 208 g/mol. The maximum Gasteiger partial charge on any atom is 0.485 e. The van der Waals surface area contributed by atoms with Gasteiger partial charge in [-0.2, -0.15) is 0 Å². The molecule has 0 atom stereocenters. The zero-order valence-electron chi connectivity index (χ0n) is 8.58. The van der Waals surface area contributed by atoms with Crippen LogP contribution in [0, 0.1) is 0 Å². The van der Waals surface area contributed by atoms with Crippen molar-refractivity contribution in [2.45, 2.75) is 0 Å². The van der Waals surface area contributed by atoms with Crippen LogP contribution in [0.1, 0.15) is 0 Å². The SMILES string of the molecule is COc1ccccc1[N+]1=CC=NC(=O)C1=O. The molecule has 0 N–H and O–H groups in total. The second kappa shape index (κ2) is 4.06. The minimum Gasteiger partial charge on any atom is -0.490 e. The summed E-state index contributed by atoms with van der Waals surface area (Å²) in [5.74, 6) is -0.949. The van der Waals surface area contributed by atoms with Crippen LogP contribution in [0.25, 0.3) is 0 Å². The van der Waals surface area contributed by atoms with Crippen molar-refractivity contribution in [3.8, 4) is 5.75 Å². The second-order valence-corrected chi connectivity index (χ2v) is 3.08. The van der Waals surface area contributed by atoms with E-state index in [2.05, 4.69) is 4.99 Å². The van der Waals surface area contributed by atoms with Crippen LogP contribution in [-0.2, 0) is 9.59 Å². The maximum atomic E-state index is 11.6. The van der Waals surface area contributed by atoms with Gasteiger partial charge in [0.1, 0.15) is 0 Å². The lowest BCUT2D eigenvalue weighted by Crippen LogP contribution is -2.29. The summed E-state index contributed by atoms with van der Waals surface area (Å²) < 4.78 is 6.33. The van der Waals surface area contributed by atoms with E-state index in [9.17, 15) is 9.59 Å². The molecule has 0 bridgehead atoms. The van der Waals surface area contributed by atoms with E-state index in [4.69, 9.17) is 4.74 Å². The summed E-state index contributed by atoms with van der Waals surface area (Å²) in [5.41, 5.74) is 0.523.